The van der Waals surface area contributed by atoms with E-state index in [-0.39, 0.29) is 16.3 Å². The maximum absolute atomic E-state index is 11.9. The minimum absolute atomic E-state index is 0.00965. The van der Waals surface area contributed by atoms with Crippen LogP contribution in [0.4, 0.5) is 0 Å². The van der Waals surface area contributed by atoms with Crippen LogP contribution in [0, 0.1) is 0 Å². The second-order valence-corrected chi connectivity index (χ2v) is 8.34. The molecule has 0 aliphatic rings. The lowest BCUT2D eigenvalue weighted by molar-refractivity contribution is -0.115. The van der Waals surface area contributed by atoms with Gasteiger partial charge in [-0.05, 0) is 24.6 Å². The number of rotatable bonds is 3. The second-order valence-electron chi connectivity index (χ2n) is 5.54. The van der Waals surface area contributed by atoms with Crippen LogP contribution in [0.1, 0.15) is 39.7 Å². The number of carbonyl (C=O) groups is 1. The summed E-state index contributed by atoms with van der Waals surface area (Å²) < 4.78 is 0.838. The Hall–Kier alpha value is -0.320. The van der Waals surface area contributed by atoms with Gasteiger partial charge in [-0.1, -0.05) is 60.6 Å². The van der Waals surface area contributed by atoms with Gasteiger partial charge in [-0.15, -0.1) is 0 Å². The Morgan fingerprint density at radius 3 is 2.17 bits per heavy atom. The summed E-state index contributed by atoms with van der Waals surface area (Å²) in [6.45, 7) is 7.65. The summed E-state index contributed by atoms with van der Waals surface area (Å²) >= 11 is 4.62. The molecular weight excluding hydrogens is 312 g/mol. The highest BCUT2D eigenvalue weighted by atomic mass is 79.9. The largest absolute Gasteiger partial charge is 0.385 e. The van der Waals surface area contributed by atoms with E-state index in [1.54, 1.807) is 6.92 Å². The van der Waals surface area contributed by atoms with E-state index >= 15 is 0 Å². The molecule has 0 amide bonds. The maximum Gasteiger partial charge on any atom is 0.192 e. The lowest BCUT2D eigenvalue weighted by atomic mass is 9.93. The Labute approximate surface area is 121 Å². The summed E-state index contributed by atoms with van der Waals surface area (Å²) in [5.41, 5.74) is -0.357. The minimum Gasteiger partial charge on any atom is -0.385 e. The zero-order valence-corrected chi connectivity index (χ0v) is 13.6. The van der Waals surface area contributed by atoms with Crippen molar-refractivity contribution >= 4 is 32.8 Å². The summed E-state index contributed by atoms with van der Waals surface area (Å²) in [7, 11) is 0. The average molecular weight is 331 g/mol. The van der Waals surface area contributed by atoms with Crippen molar-refractivity contribution in [2.24, 2.45) is 0 Å². The molecule has 1 atom stereocenters. The van der Waals surface area contributed by atoms with Gasteiger partial charge in [0.15, 0.2) is 5.12 Å². The molecule has 0 saturated carbocycles. The number of aliphatic hydroxyl groups is 1. The fourth-order valence-electron chi connectivity index (χ4n) is 1.57. The Bertz CT molecular complexity index is 418. The molecule has 0 unspecified atom stereocenters. The molecule has 4 heteroatoms. The van der Waals surface area contributed by atoms with E-state index in [2.05, 4.69) is 15.9 Å². The van der Waals surface area contributed by atoms with Crippen molar-refractivity contribution in [3.05, 3.63) is 34.3 Å². The highest BCUT2D eigenvalue weighted by molar-refractivity contribution is 9.10. The molecular formula is C14H19BrO2S. The number of benzene rings is 1. The molecule has 1 N–H and O–H groups in total. The van der Waals surface area contributed by atoms with E-state index in [9.17, 15) is 9.90 Å². The molecule has 2 nitrogen and oxygen atoms in total. The van der Waals surface area contributed by atoms with Crippen LogP contribution in [0.15, 0.2) is 28.7 Å². The smallest absolute Gasteiger partial charge is 0.192 e. The van der Waals surface area contributed by atoms with Gasteiger partial charge in [0.1, 0.15) is 0 Å². The second kappa shape index (κ2) is 5.76. The van der Waals surface area contributed by atoms with Crippen LogP contribution in [0.5, 0.6) is 0 Å². The van der Waals surface area contributed by atoms with Gasteiger partial charge in [0.2, 0.25) is 0 Å². The van der Waals surface area contributed by atoms with Gasteiger partial charge in [-0.2, -0.15) is 0 Å². The first-order chi connectivity index (χ1) is 8.10. The van der Waals surface area contributed by atoms with Crippen LogP contribution in [-0.4, -0.2) is 15.0 Å². The molecule has 100 valence electrons. The van der Waals surface area contributed by atoms with Crippen molar-refractivity contribution in [2.45, 2.75) is 44.5 Å². The standard InChI is InChI=1S/C14H19BrO2S/c1-13(2,3)18-12(16)9-14(4,17)10-5-7-11(15)8-6-10/h5-8,17H,9H2,1-4H3/t14-/m1/s1. The maximum atomic E-state index is 11.9. The predicted octanol–water partition coefficient (Wildman–Crippen LogP) is 4.11. The van der Waals surface area contributed by atoms with Crippen molar-refractivity contribution < 1.29 is 9.90 Å². The van der Waals surface area contributed by atoms with E-state index in [4.69, 9.17) is 0 Å². The van der Waals surface area contributed by atoms with Crippen LogP contribution in [0.3, 0.4) is 0 Å². The molecule has 1 rings (SSSR count). The molecule has 1 aromatic carbocycles. The summed E-state index contributed by atoms with van der Waals surface area (Å²) in [5.74, 6) is 0. The molecule has 0 saturated heterocycles. The number of hydrogen-bond donors (Lipinski definition) is 1. The average Bonchev–Trinajstić information content (AvgIpc) is 2.13. The SMILES string of the molecule is CC(C)(C)SC(=O)C[C@@](C)(O)c1ccc(Br)cc1. The van der Waals surface area contributed by atoms with Crippen LogP contribution in [-0.2, 0) is 10.4 Å². The topological polar surface area (TPSA) is 37.3 Å². The zero-order valence-electron chi connectivity index (χ0n) is 11.2. The predicted molar refractivity (Wildman–Crippen MR) is 80.7 cm³/mol. The molecule has 0 fully saturated rings. The van der Waals surface area contributed by atoms with Gasteiger partial charge in [0.05, 0.1) is 5.60 Å². The Morgan fingerprint density at radius 2 is 1.72 bits per heavy atom. The van der Waals surface area contributed by atoms with Crippen molar-refractivity contribution in [3.8, 4) is 0 Å². The molecule has 0 bridgehead atoms. The first kappa shape index (κ1) is 15.7. The van der Waals surface area contributed by atoms with Gasteiger partial charge in [0, 0.05) is 15.6 Å². The van der Waals surface area contributed by atoms with Gasteiger partial charge >= 0.3 is 0 Å². The molecule has 0 spiro atoms. The molecule has 1 aromatic rings. The third-order valence-corrected chi connectivity index (χ3v) is 3.89. The summed E-state index contributed by atoms with van der Waals surface area (Å²) in [6, 6.07) is 7.40. The zero-order chi connectivity index (χ0) is 14.0. The van der Waals surface area contributed by atoms with E-state index in [1.165, 1.54) is 11.8 Å². The van der Waals surface area contributed by atoms with E-state index in [1.807, 2.05) is 45.0 Å². The fourth-order valence-corrected chi connectivity index (χ4v) is 2.87. The molecule has 0 heterocycles. The van der Waals surface area contributed by atoms with E-state index < -0.39 is 5.60 Å². The fraction of sp³-hybridized carbons (Fsp3) is 0.500. The van der Waals surface area contributed by atoms with Crippen LogP contribution >= 0.6 is 27.7 Å². The van der Waals surface area contributed by atoms with Crippen LogP contribution in [0.25, 0.3) is 0 Å². The van der Waals surface area contributed by atoms with Crippen molar-refractivity contribution in [3.63, 3.8) is 0 Å². The normalized spacial score (nSPS) is 15.2. The Balaban J connectivity index is 2.75. The first-order valence-corrected chi connectivity index (χ1v) is 7.41. The van der Waals surface area contributed by atoms with E-state index in [0.29, 0.717) is 0 Å². The van der Waals surface area contributed by atoms with Gasteiger partial charge in [0.25, 0.3) is 0 Å². The Kier molecular flexibility index (Phi) is 5.04. The van der Waals surface area contributed by atoms with Gasteiger partial charge in [-0.3, -0.25) is 4.79 Å². The number of thioether (sulfide) groups is 1. The summed E-state index contributed by atoms with van der Waals surface area (Å²) in [5, 5.41) is 10.4. The lowest BCUT2D eigenvalue weighted by Crippen LogP contribution is -2.25. The molecule has 0 aliphatic carbocycles. The van der Waals surface area contributed by atoms with Gasteiger partial charge in [-0.25, -0.2) is 0 Å². The molecule has 0 aromatic heterocycles. The monoisotopic (exact) mass is 330 g/mol. The van der Waals surface area contributed by atoms with Crippen LogP contribution < -0.4 is 0 Å². The molecule has 18 heavy (non-hydrogen) atoms. The van der Waals surface area contributed by atoms with Crippen molar-refractivity contribution in [1.29, 1.82) is 0 Å². The van der Waals surface area contributed by atoms with Gasteiger partial charge < -0.3 is 5.11 Å². The highest BCUT2D eigenvalue weighted by Crippen LogP contribution is 2.32. The highest BCUT2D eigenvalue weighted by Gasteiger charge is 2.28. The third kappa shape index (κ3) is 5.12. The number of hydrogen-bond acceptors (Lipinski definition) is 3. The quantitative estimate of drug-likeness (QED) is 0.906. The minimum atomic E-state index is -1.12. The van der Waals surface area contributed by atoms with E-state index in [0.717, 1.165) is 10.0 Å². The Morgan fingerprint density at radius 1 is 1.22 bits per heavy atom. The lowest BCUT2D eigenvalue weighted by Gasteiger charge is -2.25. The number of halogens is 1. The molecule has 0 radical (unpaired) electrons. The summed E-state index contributed by atoms with van der Waals surface area (Å²) in [4.78, 5) is 11.9. The number of carbonyl (C=O) groups excluding carboxylic acids is 1. The first-order valence-electron chi connectivity index (χ1n) is 5.80. The molecule has 0 aliphatic heterocycles. The summed E-state index contributed by atoms with van der Waals surface area (Å²) in [6.07, 6.45) is 0.122. The van der Waals surface area contributed by atoms with Crippen molar-refractivity contribution in [2.75, 3.05) is 0 Å². The van der Waals surface area contributed by atoms with Crippen molar-refractivity contribution in [1.82, 2.24) is 0 Å². The van der Waals surface area contributed by atoms with Crippen LogP contribution in [0.2, 0.25) is 0 Å². The third-order valence-electron chi connectivity index (χ3n) is 2.37.